The number of phenolic OH excluding ortho intramolecular Hbond substituents is 1. The molecule has 5 atom stereocenters. The first-order valence-corrected chi connectivity index (χ1v) is 11.8. The van der Waals surface area contributed by atoms with E-state index in [0.29, 0.717) is 11.3 Å². The highest BCUT2D eigenvalue weighted by Crippen LogP contribution is 2.12. The number of carboxylic acid groups (broad SMARTS) is 1. The van der Waals surface area contributed by atoms with Gasteiger partial charge in [-0.1, -0.05) is 12.1 Å². The first kappa shape index (κ1) is 29.2. The van der Waals surface area contributed by atoms with Gasteiger partial charge in [0.05, 0.1) is 12.7 Å². The van der Waals surface area contributed by atoms with E-state index in [2.05, 4.69) is 16.0 Å². The van der Waals surface area contributed by atoms with E-state index in [4.69, 9.17) is 10.8 Å². The fourth-order valence-corrected chi connectivity index (χ4v) is 3.33. The SMILES string of the molecule is CSCCC(NC(=O)C(NC(=O)C(N)CO)C(C)O)C(=O)NC(Cc1ccc(O)cc1)C(=O)O. The standard InChI is InChI=1S/C21H32N4O8S/c1-11(27)17(25-18(29)14(22)10-26)20(31)23-15(7-8-34-2)19(30)24-16(21(32)33)9-12-3-5-13(28)6-4-12/h3-6,11,14-17,26-28H,7-10,22H2,1-2H3,(H,23,31)(H,24,30)(H,25,29)(H,32,33). The molecule has 0 aromatic heterocycles. The van der Waals surface area contributed by atoms with E-state index in [-0.39, 0.29) is 18.6 Å². The Morgan fingerprint density at radius 3 is 2.09 bits per heavy atom. The molecule has 0 aliphatic carbocycles. The van der Waals surface area contributed by atoms with Crippen LogP contribution in [0.5, 0.6) is 5.75 Å². The number of aliphatic carboxylic acids is 1. The van der Waals surface area contributed by atoms with Crippen molar-refractivity contribution in [2.75, 3.05) is 18.6 Å². The quantitative estimate of drug-likeness (QED) is 0.140. The number of benzene rings is 1. The summed E-state index contributed by atoms with van der Waals surface area (Å²) in [6.45, 7) is 0.584. The lowest BCUT2D eigenvalue weighted by Crippen LogP contribution is -2.60. The smallest absolute Gasteiger partial charge is 0.326 e. The highest BCUT2D eigenvalue weighted by Gasteiger charge is 2.32. The van der Waals surface area contributed by atoms with Gasteiger partial charge in [0, 0.05) is 6.42 Å². The van der Waals surface area contributed by atoms with E-state index in [9.17, 15) is 34.5 Å². The monoisotopic (exact) mass is 500 g/mol. The Kier molecular flexibility index (Phi) is 12.4. The summed E-state index contributed by atoms with van der Waals surface area (Å²) in [4.78, 5) is 49.3. The largest absolute Gasteiger partial charge is 0.508 e. The fraction of sp³-hybridized carbons (Fsp3) is 0.524. The molecule has 0 saturated heterocycles. The zero-order valence-corrected chi connectivity index (χ0v) is 19.7. The molecule has 0 aliphatic heterocycles. The van der Waals surface area contributed by atoms with Crippen molar-refractivity contribution in [1.29, 1.82) is 0 Å². The maximum atomic E-state index is 12.9. The molecule has 1 aromatic carbocycles. The van der Waals surface area contributed by atoms with Crippen LogP contribution in [0.25, 0.3) is 0 Å². The summed E-state index contributed by atoms with van der Waals surface area (Å²) in [7, 11) is 0. The van der Waals surface area contributed by atoms with Gasteiger partial charge in [0.2, 0.25) is 17.7 Å². The fourth-order valence-electron chi connectivity index (χ4n) is 2.85. The molecule has 0 bridgehead atoms. The number of amides is 3. The van der Waals surface area contributed by atoms with Gasteiger partial charge in [-0.05, 0) is 43.0 Å². The summed E-state index contributed by atoms with van der Waals surface area (Å²) < 4.78 is 0. The molecule has 0 saturated carbocycles. The Labute approximate surface area is 201 Å². The highest BCUT2D eigenvalue weighted by molar-refractivity contribution is 7.98. The molecular weight excluding hydrogens is 468 g/mol. The number of nitrogens with two attached hydrogens (primary N) is 1. The number of carboxylic acids is 1. The summed E-state index contributed by atoms with van der Waals surface area (Å²) in [6, 6.07) is 0.624. The minimum atomic E-state index is -1.46. The van der Waals surface area contributed by atoms with E-state index < -0.39 is 60.6 Å². The maximum absolute atomic E-state index is 12.9. The van der Waals surface area contributed by atoms with Crippen molar-refractivity contribution in [2.24, 2.45) is 5.73 Å². The Morgan fingerprint density at radius 1 is 1.00 bits per heavy atom. The van der Waals surface area contributed by atoms with Crippen molar-refractivity contribution >= 4 is 35.5 Å². The lowest BCUT2D eigenvalue weighted by atomic mass is 10.0. The topological polar surface area (TPSA) is 211 Å². The van der Waals surface area contributed by atoms with Crippen LogP contribution in [0, 0.1) is 0 Å². The van der Waals surface area contributed by atoms with Crippen molar-refractivity contribution in [1.82, 2.24) is 16.0 Å². The molecule has 12 nitrogen and oxygen atoms in total. The lowest BCUT2D eigenvalue weighted by molar-refractivity contribution is -0.142. The number of aliphatic hydroxyl groups excluding tert-OH is 2. The second kappa shape index (κ2) is 14.4. The van der Waals surface area contributed by atoms with Crippen LogP contribution in [0.2, 0.25) is 0 Å². The predicted octanol–water partition coefficient (Wildman–Crippen LogP) is -2.07. The molecule has 9 N–H and O–H groups in total. The van der Waals surface area contributed by atoms with Gasteiger partial charge in [0.1, 0.15) is 29.9 Å². The molecule has 3 amide bonds. The number of aromatic hydroxyl groups is 1. The molecule has 0 spiro atoms. The number of phenols is 1. The number of nitrogens with one attached hydrogen (secondary N) is 3. The van der Waals surface area contributed by atoms with E-state index in [1.807, 2.05) is 0 Å². The van der Waals surface area contributed by atoms with Crippen LogP contribution in [0.15, 0.2) is 24.3 Å². The van der Waals surface area contributed by atoms with Crippen LogP contribution in [-0.4, -0.2) is 93.0 Å². The highest BCUT2D eigenvalue weighted by atomic mass is 32.2. The van der Waals surface area contributed by atoms with E-state index in [1.54, 1.807) is 6.26 Å². The number of hydrogen-bond donors (Lipinski definition) is 8. The van der Waals surface area contributed by atoms with Gasteiger partial charge in [-0.3, -0.25) is 14.4 Å². The first-order chi connectivity index (χ1) is 16.0. The number of carbonyl (C=O) groups excluding carboxylic acids is 3. The van der Waals surface area contributed by atoms with Gasteiger partial charge >= 0.3 is 5.97 Å². The second-order valence-corrected chi connectivity index (χ2v) is 8.61. The molecule has 0 heterocycles. The molecule has 190 valence electrons. The maximum Gasteiger partial charge on any atom is 0.326 e. The number of hydrogen-bond acceptors (Lipinski definition) is 9. The molecule has 0 fully saturated rings. The Bertz CT molecular complexity index is 837. The third-order valence-corrected chi connectivity index (χ3v) is 5.47. The van der Waals surface area contributed by atoms with E-state index in [0.717, 1.165) is 0 Å². The van der Waals surface area contributed by atoms with Crippen LogP contribution in [0.4, 0.5) is 0 Å². The van der Waals surface area contributed by atoms with Crippen LogP contribution < -0.4 is 21.7 Å². The van der Waals surface area contributed by atoms with Gasteiger partial charge in [0.25, 0.3) is 0 Å². The Morgan fingerprint density at radius 2 is 1.59 bits per heavy atom. The normalized spacial score (nSPS) is 15.3. The zero-order chi connectivity index (χ0) is 25.8. The van der Waals surface area contributed by atoms with Gasteiger partial charge in [-0.25, -0.2) is 4.79 Å². The van der Waals surface area contributed by atoms with Crippen molar-refractivity contribution in [3.8, 4) is 5.75 Å². The van der Waals surface area contributed by atoms with Crippen molar-refractivity contribution in [3.05, 3.63) is 29.8 Å². The Hall–Kier alpha value is -2.87. The van der Waals surface area contributed by atoms with Crippen molar-refractivity contribution in [2.45, 2.75) is 50.0 Å². The predicted molar refractivity (Wildman–Crippen MR) is 125 cm³/mol. The van der Waals surface area contributed by atoms with Gasteiger partial charge < -0.3 is 42.1 Å². The van der Waals surface area contributed by atoms with Crippen LogP contribution in [0.1, 0.15) is 18.9 Å². The molecule has 13 heteroatoms. The number of thioether (sulfide) groups is 1. The summed E-state index contributed by atoms with van der Waals surface area (Å²) in [6.07, 6.45) is 0.536. The van der Waals surface area contributed by atoms with Crippen LogP contribution >= 0.6 is 11.8 Å². The van der Waals surface area contributed by atoms with E-state index >= 15 is 0 Å². The third kappa shape index (κ3) is 9.55. The van der Waals surface area contributed by atoms with Gasteiger partial charge in [-0.15, -0.1) is 0 Å². The molecule has 5 unspecified atom stereocenters. The van der Waals surface area contributed by atoms with Gasteiger partial charge in [0.15, 0.2) is 0 Å². The number of rotatable bonds is 14. The van der Waals surface area contributed by atoms with Crippen LogP contribution in [0.3, 0.4) is 0 Å². The average Bonchev–Trinajstić information content (AvgIpc) is 2.79. The minimum Gasteiger partial charge on any atom is -0.508 e. The second-order valence-electron chi connectivity index (χ2n) is 7.63. The van der Waals surface area contributed by atoms with E-state index in [1.165, 1.54) is 43.0 Å². The Balaban J connectivity index is 2.96. The summed E-state index contributed by atoms with van der Waals surface area (Å²) in [5, 5.41) is 44.9. The summed E-state index contributed by atoms with van der Waals surface area (Å²) in [5.41, 5.74) is 5.99. The van der Waals surface area contributed by atoms with Crippen LogP contribution in [-0.2, 0) is 25.6 Å². The molecule has 34 heavy (non-hydrogen) atoms. The molecule has 0 aliphatic rings. The van der Waals surface area contributed by atoms with Crippen molar-refractivity contribution in [3.63, 3.8) is 0 Å². The minimum absolute atomic E-state index is 0.0132. The molecule has 0 radical (unpaired) electrons. The third-order valence-electron chi connectivity index (χ3n) is 4.83. The van der Waals surface area contributed by atoms with Gasteiger partial charge in [-0.2, -0.15) is 11.8 Å². The lowest BCUT2D eigenvalue weighted by Gasteiger charge is -2.26. The first-order valence-electron chi connectivity index (χ1n) is 10.4. The summed E-state index contributed by atoms with van der Waals surface area (Å²) >= 11 is 1.40. The number of aliphatic hydroxyl groups is 2. The summed E-state index contributed by atoms with van der Waals surface area (Å²) in [5.74, 6) is -3.32. The average molecular weight is 501 g/mol. The molecule has 1 aromatic rings. The zero-order valence-electron chi connectivity index (χ0n) is 18.9. The molecule has 1 rings (SSSR count). The molecular formula is C21H32N4O8S. The number of carbonyl (C=O) groups is 4. The van der Waals surface area contributed by atoms with Crippen molar-refractivity contribution < 1.29 is 39.6 Å².